The zero-order valence-corrected chi connectivity index (χ0v) is 21.5. The number of hydrogen-bond acceptors (Lipinski definition) is 6. The summed E-state index contributed by atoms with van der Waals surface area (Å²) in [6, 6.07) is 11.4. The SMILES string of the molecule is COC(=O)C1=C(N)N(c2cccc(C)c2C)C2=C(C(=O)CC(C)(C)C2)C12C(=O)Nc1ccc(C)cc12. The van der Waals surface area contributed by atoms with E-state index in [4.69, 9.17) is 10.5 Å². The van der Waals surface area contributed by atoms with E-state index in [1.165, 1.54) is 7.11 Å². The molecule has 1 spiro atoms. The molecule has 2 aliphatic heterocycles. The van der Waals surface area contributed by atoms with Crippen LogP contribution in [-0.2, 0) is 24.5 Å². The number of nitrogens with two attached hydrogens (primary N) is 1. The van der Waals surface area contributed by atoms with Gasteiger partial charge in [-0.05, 0) is 55.9 Å². The van der Waals surface area contributed by atoms with Crippen LogP contribution in [0.15, 0.2) is 59.1 Å². The lowest BCUT2D eigenvalue weighted by atomic mass is 9.60. The van der Waals surface area contributed by atoms with Crippen LogP contribution in [0, 0.1) is 26.2 Å². The predicted molar refractivity (Wildman–Crippen MR) is 138 cm³/mol. The van der Waals surface area contributed by atoms with Crippen LogP contribution in [-0.4, -0.2) is 24.8 Å². The first-order valence-corrected chi connectivity index (χ1v) is 12.1. The molecule has 5 rings (SSSR count). The number of ketones is 1. The van der Waals surface area contributed by atoms with Gasteiger partial charge in [-0.1, -0.05) is 43.7 Å². The summed E-state index contributed by atoms with van der Waals surface area (Å²) in [6.07, 6.45) is 0.754. The Morgan fingerprint density at radius 2 is 1.81 bits per heavy atom. The monoisotopic (exact) mass is 485 g/mol. The molecule has 2 heterocycles. The standard InChI is InChI=1S/C29H31N3O4/c1-15-10-11-19-18(12-15)29(27(35)31-19)23-21(13-28(4,5)14-22(23)33)32(25(30)24(29)26(34)36-6)20-9-7-8-16(2)17(20)3/h7-12H,13-14,30H2,1-6H3,(H,31,35). The number of allylic oxidation sites excluding steroid dienone is 1. The molecule has 2 aromatic carbocycles. The van der Waals surface area contributed by atoms with E-state index < -0.39 is 17.3 Å². The maximum atomic E-state index is 14.1. The van der Waals surface area contributed by atoms with E-state index in [1.807, 2.05) is 65.0 Å². The number of carbonyl (C=O) groups is 3. The molecule has 1 unspecified atom stereocenters. The van der Waals surface area contributed by atoms with Crippen LogP contribution in [0.2, 0.25) is 0 Å². The van der Waals surface area contributed by atoms with Gasteiger partial charge in [-0.15, -0.1) is 0 Å². The second-order valence-corrected chi connectivity index (χ2v) is 10.8. The number of hydrogen-bond donors (Lipinski definition) is 2. The van der Waals surface area contributed by atoms with Crippen molar-refractivity contribution in [1.82, 2.24) is 0 Å². The fraction of sp³-hybridized carbons (Fsp3) is 0.345. The number of fused-ring (bicyclic) bond motifs is 3. The average Bonchev–Trinajstić information content (AvgIpc) is 3.06. The summed E-state index contributed by atoms with van der Waals surface area (Å²) in [6.45, 7) is 9.96. The number of carbonyl (C=O) groups excluding carboxylic acids is 3. The Labute approximate surface area is 211 Å². The summed E-state index contributed by atoms with van der Waals surface area (Å²) in [4.78, 5) is 43.4. The molecule has 3 N–H and O–H groups in total. The van der Waals surface area contributed by atoms with E-state index in [0.717, 1.165) is 22.4 Å². The molecule has 0 bridgehead atoms. The van der Waals surface area contributed by atoms with Gasteiger partial charge >= 0.3 is 5.97 Å². The number of amides is 1. The summed E-state index contributed by atoms with van der Waals surface area (Å²) in [5.41, 5.74) is 10.6. The van der Waals surface area contributed by atoms with E-state index in [9.17, 15) is 14.4 Å². The number of nitrogens with zero attached hydrogens (tertiary/aromatic N) is 1. The van der Waals surface area contributed by atoms with Crippen molar-refractivity contribution < 1.29 is 19.1 Å². The van der Waals surface area contributed by atoms with Gasteiger partial charge in [-0.2, -0.15) is 0 Å². The van der Waals surface area contributed by atoms with Crippen LogP contribution >= 0.6 is 0 Å². The number of rotatable bonds is 2. The Hall–Kier alpha value is -3.87. The van der Waals surface area contributed by atoms with Gasteiger partial charge in [0.1, 0.15) is 16.8 Å². The molecular formula is C29H31N3O4. The number of ether oxygens (including phenoxy) is 1. The van der Waals surface area contributed by atoms with Crippen molar-refractivity contribution in [1.29, 1.82) is 0 Å². The molecule has 0 fully saturated rings. The molecule has 1 atom stereocenters. The number of esters is 1. The third-order valence-corrected chi connectivity index (χ3v) is 7.74. The van der Waals surface area contributed by atoms with Gasteiger partial charge in [0.2, 0.25) is 5.91 Å². The van der Waals surface area contributed by atoms with Gasteiger partial charge in [0.05, 0.1) is 12.8 Å². The summed E-state index contributed by atoms with van der Waals surface area (Å²) < 4.78 is 5.22. The Morgan fingerprint density at radius 1 is 1.08 bits per heavy atom. The second-order valence-electron chi connectivity index (χ2n) is 10.8. The Kier molecular flexibility index (Phi) is 5.18. The zero-order valence-electron chi connectivity index (χ0n) is 21.5. The quantitative estimate of drug-likeness (QED) is 0.615. The van der Waals surface area contributed by atoms with Crippen molar-refractivity contribution >= 4 is 29.0 Å². The molecule has 7 heteroatoms. The molecule has 1 amide bonds. The van der Waals surface area contributed by atoms with Crippen LogP contribution in [0.3, 0.4) is 0 Å². The zero-order chi connectivity index (χ0) is 26.2. The second kappa shape index (κ2) is 7.82. The maximum Gasteiger partial charge on any atom is 0.339 e. The van der Waals surface area contributed by atoms with Crippen LogP contribution in [0.5, 0.6) is 0 Å². The van der Waals surface area contributed by atoms with Crippen molar-refractivity contribution in [3.8, 4) is 0 Å². The third kappa shape index (κ3) is 3.08. The fourth-order valence-electron chi connectivity index (χ4n) is 6.00. The minimum atomic E-state index is -1.68. The number of Topliss-reactive ketones (excluding diaryl/α,β-unsaturated/α-hetero) is 1. The van der Waals surface area contributed by atoms with E-state index in [0.29, 0.717) is 28.9 Å². The predicted octanol–water partition coefficient (Wildman–Crippen LogP) is 4.31. The highest BCUT2D eigenvalue weighted by Gasteiger charge is 2.63. The first kappa shape index (κ1) is 23.9. The molecule has 0 saturated carbocycles. The summed E-state index contributed by atoms with van der Waals surface area (Å²) >= 11 is 0. The van der Waals surface area contributed by atoms with Gasteiger partial charge in [0.25, 0.3) is 0 Å². The molecule has 0 saturated heterocycles. The fourth-order valence-corrected chi connectivity index (χ4v) is 6.00. The van der Waals surface area contributed by atoms with Gasteiger partial charge in [0.15, 0.2) is 5.78 Å². The Balaban J connectivity index is 1.96. The largest absolute Gasteiger partial charge is 0.466 e. The molecular weight excluding hydrogens is 454 g/mol. The van der Waals surface area contributed by atoms with E-state index in [2.05, 4.69) is 5.32 Å². The smallest absolute Gasteiger partial charge is 0.339 e. The minimum Gasteiger partial charge on any atom is -0.466 e. The van der Waals surface area contributed by atoms with Crippen molar-refractivity contribution in [2.45, 2.75) is 52.9 Å². The molecule has 186 valence electrons. The van der Waals surface area contributed by atoms with Crippen molar-refractivity contribution in [2.75, 3.05) is 17.3 Å². The molecule has 0 aromatic heterocycles. The lowest BCUT2D eigenvalue weighted by Gasteiger charge is -2.47. The number of methoxy groups -OCH3 is 1. The minimum absolute atomic E-state index is 0.0282. The van der Waals surface area contributed by atoms with Crippen molar-refractivity contribution in [3.05, 3.63) is 81.3 Å². The molecule has 1 aliphatic carbocycles. The van der Waals surface area contributed by atoms with Crippen LogP contribution in [0.1, 0.15) is 48.9 Å². The van der Waals surface area contributed by atoms with E-state index in [1.54, 1.807) is 11.0 Å². The van der Waals surface area contributed by atoms with Gasteiger partial charge in [-0.25, -0.2) is 4.79 Å². The molecule has 0 radical (unpaired) electrons. The number of aryl methyl sites for hydroxylation is 2. The molecule has 3 aliphatic rings. The van der Waals surface area contributed by atoms with Gasteiger partial charge < -0.3 is 15.8 Å². The Morgan fingerprint density at radius 3 is 2.50 bits per heavy atom. The first-order valence-electron chi connectivity index (χ1n) is 12.1. The van der Waals surface area contributed by atoms with E-state index >= 15 is 0 Å². The maximum absolute atomic E-state index is 14.1. The third-order valence-electron chi connectivity index (χ3n) is 7.74. The van der Waals surface area contributed by atoms with Gasteiger partial charge in [0, 0.05) is 28.9 Å². The number of benzene rings is 2. The van der Waals surface area contributed by atoms with Gasteiger partial charge in [-0.3, -0.25) is 14.5 Å². The highest BCUT2D eigenvalue weighted by Crippen LogP contribution is 2.57. The lowest BCUT2D eigenvalue weighted by molar-refractivity contribution is -0.138. The Bertz CT molecular complexity index is 1430. The van der Waals surface area contributed by atoms with Crippen LogP contribution in [0.25, 0.3) is 0 Å². The van der Waals surface area contributed by atoms with Crippen LogP contribution < -0.4 is 16.0 Å². The summed E-state index contributed by atoms with van der Waals surface area (Å²) in [5.74, 6) is -1.27. The topological polar surface area (TPSA) is 102 Å². The van der Waals surface area contributed by atoms with Crippen molar-refractivity contribution in [2.24, 2.45) is 11.1 Å². The highest BCUT2D eigenvalue weighted by atomic mass is 16.5. The van der Waals surface area contributed by atoms with Crippen molar-refractivity contribution in [3.63, 3.8) is 0 Å². The lowest BCUT2D eigenvalue weighted by Crippen LogP contribution is -2.54. The molecule has 2 aromatic rings. The van der Waals surface area contributed by atoms with Crippen LogP contribution in [0.4, 0.5) is 11.4 Å². The number of nitrogens with one attached hydrogen (secondary N) is 1. The summed E-state index contributed by atoms with van der Waals surface area (Å²) in [7, 11) is 1.26. The average molecular weight is 486 g/mol. The van der Waals surface area contributed by atoms with E-state index in [-0.39, 0.29) is 29.0 Å². The molecule has 36 heavy (non-hydrogen) atoms. The number of anilines is 2. The normalized spacial score (nSPS) is 22.6. The summed E-state index contributed by atoms with van der Waals surface area (Å²) in [5, 5.41) is 2.92. The molecule has 7 nitrogen and oxygen atoms in total. The highest BCUT2D eigenvalue weighted by molar-refractivity contribution is 6.23. The first-order chi connectivity index (χ1) is 16.9.